The van der Waals surface area contributed by atoms with Gasteiger partial charge in [-0.05, 0) is 31.0 Å². The first kappa shape index (κ1) is 17.4. The Morgan fingerprint density at radius 1 is 1.30 bits per heavy atom. The molecule has 4 nitrogen and oxygen atoms in total. The third-order valence-corrected chi connectivity index (χ3v) is 3.20. The minimum atomic E-state index is -0.507. The molecule has 0 radical (unpaired) electrons. The second-order valence-corrected chi connectivity index (χ2v) is 5.32. The Hall–Kier alpha value is -0.650. The minimum absolute atomic E-state index is 0.312. The maximum absolute atomic E-state index is 9.81. The molecule has 0 aromatic heterocycles. The number of methoxy groups -OCH3 is 1. The summed E-state index contributed by atoms with van der Waals surface area (Å²) in [6.07, 6.45) is 0.418. The van der Waals surface area contributed by atoms with Gasteiger partial charge >= 0.3 is 0 Å². The van der Waals surface area contributed by atoms with Crippen LogP contribution in [0, 0.1) is 0 Å². The maximum atomic E-state index is 9.81. The topological polar surface area (TPSA) is 50.7 Å². The highest BCUT2D eigenvalue weighted by Gasteiger charge is 2.07. The number of nitrogens with one attached hydrogen (secondary N) is 1. The molecule has 0 fully saturated rings. The number of ether oxygens (including phenoxy) is 2. The number of benzene rings is 1. The summed E-state index contributed by atoms with van der Waals surface area (Å²) in [4.78, 5) is 0. The van der Waals surface area contributed by atoms with Gasteiger partial charge in [0.15, 0.2) is 0 Å². The molecule has 5 heteroatoms. The Morgan fingerprint density at radius 2 is 2.00 bits per heavy atom. The Morgan fingerprint density at radius 3 is 2.65 bits per heavy atom. The van der Waals surface area contributed by atoms with Crippen LogP contribution in [0.5, 0.6) is 0 Å². The maximum Gasteiger partial charge on any atom is 0.0897 e. The molecule has 0 aliphatic heterocycles. The standard InChI is InChI=1S/C15H24ClNO3/c1-12(7-8-19-2)17-9-15(18)11-20-10-13-3-5-14(16)6-4-13/h3-6,12,15,17-18H,7-11H2,1-2H3. The van der Waals surface area contributed by atoms with E-state index >= 15 is 0 Å². The van der Waals surface area contributed by atoms with Crippen molar-refractivity contribution >= 4 is 11.6 Å². The lowest BCUT2D eigenvalue weighted by atomic mass is 10.2. The van der Waals surface area contributed by atoms with E-state index in [1.165, 1.54) is 0 Å². The monoisotopic (exact) mass is 301 g/mol. The zero-order valence-electron chi connectivity index (χ0n) is 12.1. The lowest BCUT2D eigenvalue weighted by Gasteiger charge is -2.17. The van der Waals surface area contributed by atoms with Gasteiger partial charge in [0.05, 0.1) is 19.3 Å². The van der Waals surface area contributed by atoms with Crippen molar-refractivity contribution in [2.75, 3.05) is 26.9 Å². The van der Waals surface area contributed by atoms with E-state index in [2.05, 4.69) is 12.2 Å². The van der Waals surface area contributed by atoms with Crippen LogP contribution in [-0.2, 0) is 16.1 Å². The highest BCUT2D eigenvalue weighted by atomic mass is 35.5. The zero-order chi connectivity index (χ0) is 14.8. The summed E-state index contributed by atoms with van der Waals surface area (Å²) in [5.41, 5.74) is 1.04. The number of hydrogen-bond donors (Lipinski definition) is 2. The molecule has 2 unspecified atom stereocenters. The van der Waals surface area contributed by atoms with Crippen LogP contribution in [0.2, 0.25) is 5.02 Å². The summed E-state index contributed by atoms with van der Waals surface area (Å²) in [5.74, 6) is 0. The van der Waals surface area contributed by atoms with Gasteiger partial charge in [-0.1, -0.05) is 23.7 Å². The quantitative estimate of drug-likeness (QED) is 0.696. The van der Waals surface area contributed by atoms with Gasteiger partial charge in [0.2, 0.25) is 0 Å². The predicted molar refractivity (Wildman–Crippen MR) is 81.1 cm³/mol. The van der Waals surface area contributed by atoms with Gasteiger partial charge in [-0.2, -0.15) is 0 Å². The average molecular weight is 302 g/mol. The van der Waals surface area contributed by atoms with Crippen LogP contribution in [0.1, 0.15) is 18.9 Å². The molecule has 0 aliphatic carbocycles. The molecule has 0 amide bonds. The normalized spacial score (nSPS) is 14.2. The van der Waals surface area contributed by atoms with Gasteiger partial charge in [-0.15, -0.1) is 0 Å². The summed E-state index contributed by atoms with van der Waals surface area (Å²) >= 11 is 5.81. The third kappa shape index (κ3) is 7.82. The summed E-state index contributed by atoms with van der Waals surface area (Å²) in [7, 11) is 1.69. The molecule has 0 saturated carbocycles. The molecule has 1 aromatic rings. The summed E-state index contributed by atoms with van der Waals surface area (Å²) in [5, 5.41) is 13.8. The van der Waals surface area contributed by atoms with Crippen LogP contribution in [-0.4, -0.2) is 44.1 Å². The van der Waals surface area contributed by atoms with Crippen LogP contribution in [0.15, 0.2) is 24.3 Å². The van der Waals surface area contributed by atoms with Crippen molar-refractivity contribution in [1.29, 1.82) is 0 Å². The zero-order valence-corrected chi connectivity index (χ0v) is 12.9. The first-order valence-corrected chi connectivity index (χ1v) is 7.22. The average Bonchev–Trinajstić information content (AvgIpc) is 2.45. The van der Waals surface area contributed by atoms with Crippen molar-refractivity contribution in [3.8, 4) is 0 Å². The van der Waals surface area contributed by atoms with Gasteiger partial charge in [0, 0.05) is 31.3 Å². The van der Waals surface area contributed by atoms with E-state index in [9.17, 15) is 5.11 Å². The van der Waals surface area contributed by atoms with E-state index in [1.807, 2.05) is 24.3 Å². The molecule has 1 aromatic carbocycles. The lowest BCUT2D eigenvalue weighted by Crippen LogP contribution is -2.36. The minimum Gasteiger partial charge on any atom is -0.389 e. The fraction of sp³-hybridized carbons (Fsp3) is 0.600. The van der Waals surface area contributed by atoms with Gasteiger partial charge < -0.3 is 19.9 Å². The smallest absolute Gasteiger partial charge is 0.0897 e. The number of aliphatic hydroxyl groups excluding tert-OH is 1. The van der Waals surface area contributed by atoms with Gasteiger partial charge in [-0.25, -0.2) is 0 Å². The van der Waals surface area contributed by atoms with Crippen molar-refractivity contribution in [1.82, 2.24) is 5.32 Å². The first-order valence-electron chi connectivity index (χ1n) is 6.84. The van der Waals surface area contributed by atoms with Crippen molar-refractivity contribution in [2.24, 2.45) is 0 Å². The van der Waals surface area contributed by atoms with Crippen molar-refractivity contribution in [2.45, 2.75) is 32.1 Å². The van der Waals surface area contributed by atoms with Gasteiger partial charge in [0.1, 0.15) is 0 Å². The number of hydrogen-bond acceptors (Lipinski definition) is 4. The Kier molecular flexibility index (Phi) is 8.82. The molecule has 0 aliphatic rings. The molecule has 0 heterocycles. The summed E-state index contributed by atoms with van der Waals surface area (Å²) in [6, 6.07) is 7.81. The molecule has 0 spiro atoms. The van der Waals surface area contributed by atoms with Crippen molar-refractivity contribution < 1.29 is 14.6 Å². The molecule has 2 atom stereocenters. The van der Waals surface area contributed by atoms with Crippen LogP contribution < -0.4 is 5.32 Å². The van der Waals surface area contributed by atoms with Gasteiger partial charge in [-0.3, -0.25) is 0 Å². The highest BCUT2D eigenvalue weighted by Crippen LogP contribution is 2.10. The molecule has 0 saturated heterocycles. The van der Waals surface area contributed by atoms with Crippen LogP contribution >= 0.6 is 11.6 Å². The fourth-order valence-electron chi connectivity index (χ4n) is 1.69. The van der Waals surface area contributed by atoms with Crippen LogP contribution in [0.4, 0.5) is 0 Å². The molecule has 2 N–H and O–H groups in total. The first-order chi connectivity index (χ1) is 9.61. The molecular weight excluding hydrogens is 278 g/mol. The largest absolute Gasteiger partial charge is 0.389 e. The number of halogens is 1. The third-order valence-electron chi connectivity index (χ3n) is 2.95. The Balaban J connectivity index is 2.10. The van der Waals surface area contributed by atoms with E-state index in [0.717, 1.165) is 18.6 Å². The number of aliphatic hydroxyl groups is 1. The number of rotatable bonds is 10. The van der Waals surface area contributed by atoms with E-state index in [4.69, 9.17) is 21.1 Å². The Labute approximate surface area is 126 Å². The SMILES string of the molecule is COCCC(C)NCC(O)COCc1ccc(Cl)cc1. The van der Waals surface area contributed by atoms with Crippen molar-refractivity contribution in [3.63, 3.8) is 0 Å². The van der Waals surface area contributed by atoms with Crippen molar-refractivity contribution in [3.05, 3.63) is 34.9 Å². The summed E-state index contributed by atoms with van der Waals surface area (Å²) < 4.78 is 10.5. The fourth-order valence-corrected chi connectivity index (χ4v) is 1.81. The van der Waals surface area contributed by atoms with E-state index in [0.29, 0.717) is 30.8 Å². The van der Waals surface area contributed by atoms with Crippen LogP contribution in [0.25, 0.3) is 0 Å². The highest BCUT2D eigenvalue weighted by molar-refractivity contribution is 6.30. The molecular formula is C15H24ClNO3. The Bertz CT molecular complexity index is 359. The second kappa shape index (κ2) is 10.1. The van der Waals surface area contributed by atoms with E-state index < -0.39 is 6.10 Å². The second-order valence-electron chi connectivity index (χ2n) is 4.89. The van der Waals surface area contributed by atoms with Gasteiger partial charge in [0.25, 0.3) is 0 Å². The van der Waals surface area contributed by atoms with E-state index in [1.54, 1.807) is 7.11 Å². The molecule has 0 bridgehead atoms. The summed E-state index contributed by atoms with van der Waals surface area (Å²) in [6.45, 7) is 4.10. The predicted octanol–water partition coefficient (Wildman–Crippen LogP) is 2.23. The molecule has 20 heavy (non-hydrogen) atoms. The van der Waals surface area contributed by atoms with Crippen LogP contribution in [0.3, 0.4) is 0 Å². The molecule has 1 rings (SSSR count). The molecule has 114 valence electrons. The van der Waals surface area contributed by atoms with E-state index in [-0.39, 0.29) is 0 Å². The lowest BCUT2D eigenvalue weighted by molar-refractivity contribution is 0.0273.